The monoisotopic (exact) mass is 321 g/mol. The van der Waals surface area contributed by atoms with Gasteiger partial charge in [-0.15, -0.1) is 11.3 Å². The van der Waals surface area contributed by atoms with Crippen molar-refractivity contribution >= 4 is 21.4 Å². The van der Waals surface area contributed by atoms with Gasteiger partial charge in [0.05, 0.1) is 13.7 Å². The van der Waals surface area contributed by atoms with Crippen LogP contribution in [0, 0.1) is 18.8 Å². The Hall–Kier alpha value is -1.81. The second-order valence-electron chi connectivity index (χ2n) is 4.22. The van der Waals surface area contributed by atoms with E-state index in [2.05, 4.69) is 16.6 Å². The van der Waals surface area contributed by atoms with Gasteiger partial charge in [-0.25, -0.2) is 8.42 Å². The molecular weight excluding hydrogens is 306 g/mol. The molecule has 2 rings (SSSR count). The summed E-state index contributed by atoms with van der Waals surface area (Å²) in [5, 5.41) is 0. The van der Waals surface area contributed by atoms with E-state index < -0.39 is 10.0 Å². The number of methoxy groups -OCH3 is 1. The molecule has 0 amide bonds. The van der Waals surface area contributed by atoms with Gasteiger partial charge in [-0.1, -0.05) is 11.8 Å². The summed E-state index contributed by atoms with van der Waals surface area (Å²) in [5.74, 6) is 6.45. The van der Waals surface area contributed by atoms with Crippen LogP contribution in [0.1, 0.15) is 10.4 Å². The summed E-state index contributed by atoms with van der Waals surface area (Å²) in [6, 6.07) is 10.6. The number of thiophene rings is 1. The Morgan fingerprint density at radius 2 is 1.90 bits per heavy atom. The van der Waals surface area contributed by atoms with E-state index in [1.165, 1.54) is 11.3 Å². The van der Waals surface area contributed by atoms with Crippen LogP contribution in [0.3, 0.4) is 0 Å². The van der Waals surface area contributed by atoms with Crippen molar-refractivity contribution in [3.8, 4) is 17.6 Å². The van der Waals surface area contributed by atoms with Gasteiger partial charge in [0.15, 0.2) is 0 Å². The molecule has 6 heteroatoms. The molecule has 110 valence electrons. The largest absolute Gasteiger partial charge is 0.497 e. The van der Waals surface area contributed by atoms with Crippen molar-refractivity contribution in [1.82, 2.24) is 4.72 Å². The highest BCUT2D eigenvalue weighted by Gasteiger charge is 2.14. The van der Waals surface area contributed by atoms with Gasteiger partial charge in [0.25, 0.3) is 10.0 Å². The molecule has 1 heterocycles. The third-order valence-electron chi connectivity index (χ3n) is 2.65. The second kappa shape index (κ2) is 6.76. The number of rotatable bonds is 4. The quantitative estimate of drug-likeness (QED) is 0.880. The van der Waals surface area contributed by atoms with Gasteiger partial charge < -0.3 is 4.74 Å². The number of benzene rings is 1. The average molecular weight is 321 g/mol. The lowest BCUT2D eigenvalue weighted by Crippen LogP contribution is -2.23. The molecule has 1 aromatic heterocycles. The van der Waals surface area contributed by atoms with Crippen molar-refractivity contribution < 1.29 is 13.2 Å². The topological polar surface area (TPSA) is 55.4 Å². The minimum absolute atomic E-state index is 0.0747. The summed E-state index contributed by atoms with van der Waals surface area (Å²) in [7, 11) is -1.86. The number of hydrogen-bond donors (Lipinski definition) is 1. The molecule has 0 saturated carbocycles. The van der Waals surface area contributed by atoms with Crippen molar-refractivity contribution in [1.29, 1.82) is 0 Å². The first-order chi connectivity index (χ1) is 10.0. The van der Waals surface area contributed by atoms with E-state index in [-0.39, 0.29) is 6.54 Å². The van der Waals surface area contributed by atoms with E-state index in [0.717, 1.165) is 16.2 Å². The zero-order valence-electron chi connectivity index (χ0n) is 11.7. The Labute approximate surface area is 128 Å². The molecule has 0 radical (unpaired) electrons. The van der Waals surface area contributed by atoms with Crippen molar-refractivity contribution in [2.24, 2.45) is 0 Å². The molecule has 0 unspecified atom stereocenters. The van der Waals surface area contributed by atoms with E-state index >= 15 is 0 Å². The smallest absolute Gasteiger partial charge is 0.250 e. The number of hydrogen-bond acceptors (Lipinski definition) is 4. The van der Waals surface area contributed by atoms with Gasteiger partial charge in [-0.05, 0) is 43.3 Å². The lowest BCUT2D eigenvalue weighted by molar-refractivity contribution is 0.415. The molecular formula is C15H15NO3S2. The normalized spacial score (nSPS) is 10.8. The van der Waals surface area contributed by atoms with E-state index in [1.807, 2.05) is 31.2 Å². The predicted molar refractivity (Wildman–Crippen MR) is 84.1 cm³/mol. The van der Waals surface area contributed by atoms with Crippen LogP contribution in [0.25, 0.3) is 0 Å². The summed E-state index contributed by atoms with van der Waals surface area (Å²) in [6.45, 7) is 1.94. The summed E-state index contributed by atoms with van der Waals surface area (Å²) in [6.07, 6.45) is 0. The zero-order valence-corrected chi connectivity index (χ0v) is 13.3. The first kappa shape index (κ1) is 15.6. The first-order valence-corrected chi connectivity index (χ1v) is 8.50. The lowest BCUT2D eigenvalue weighted by atomic mass is 10.2. The van der Waals surface area contributed by atoms with Crippen LogP contribution in [-0.2, 0) is 10.0 Å². The molecule has 1 N–H and O–H groups in total. The van der Waals surface area contributed by atoms with Crippen LogP contribution < -0.4 is 9.46 Å². The van der Waals surface area contributed by atoms with Crippen LogP contribution in [0.2, 0.25) is 0 Å². The Morgan fingerprint density at radius 1 is 1.19 bits per heavy atom. The fraction of sp³-hybridized carbons (Fsp3) is 0.200. The third-order valence-corrected chi connectivity index (χ3v) is 5.55. The first-order valence-electron chi connectivity index (χ1n) is 6.20. The van der Waals surface area contributed by atoms with Crippen molar-refractivity contribution in [2.45, 2.75) is 11.1 Å². The lowest BCUT2D eigenvalue weighted by Gasteiger charge is -2.00. The highest BCUT2D eigenvalue weighted by Crippen LogP contribution is 2.19. The fourth-order valence-electron chi connectivity index (χ4n) is 1.58. The van der Waals surface area contributed by atoms with Crippen LogP contribution in [0.5, 0.6) is 5.75 Å². The highest BCUT2D eigenvalue weighted by molar-refractivity contribution is 7.91. The Morgan fingerprint density at radius 3 is 2.48 bits per heavy atom. The summed E-state index contributed by atoms with van der Waals surface area (Å²) < 4.78 is 31.7. The van der Waals surface area contributed by atoms with Gasteiger partial charge in [0, 0.05) is 10.4 Å². The molecule has 0 aliphatic carbocycles. The Balaban J connectivity index is 1.96. The summed E-state index contributed by atoms with van der Waals surface area (Å²) in [4.78, 5) is 0.958. The van der Waals surface area contributed by atoms with Crippen LogP contribution >= 0.6 is 11.3 Å². The van der Waals surface area contributed by atoms with E-state index in [1.54, 1.807) is 19.2 Å². The SMILES string of the molecule is COc1ccc(C#CCNS(=O)(=O)c2ccc(C)s2)cc1. The minimum atomic E-state index is -3.46. The van der Waals surface area contributed by atoms with E-state index in [9.17, 15) is 8.42 Å². The molecule has 0 aliphatic heterocycles. The van der Waals surface area contributed by atoms with Gasteiger partial charge in [-0.3, -0.25) is 0 Å². The maximum absolute atomic E-state index is 12.0. The average Bonchev–Trinajstić information content (AvgIpc) is 2.92. The number of nitrogens with one attached hydrogen (secondary N) is 1. The highest BCUT2D eigenvalue weighted by atomic mass is 32.2. The van der Waals surface area contributed by atoms with Crippen molar-refractivity contribution in [2.75, 3.05) is 13.7 Å². The minimum Gasteiger partial charge on any atom is -0.497 e. The molecule has 0 saturated heterocycles. The number of sulfonamides is 1. The van der Waals surface area contributed by atoms with E-state index in [4.69, 9.17) is 4.74 Å². The number of aryl methyl sites for hydroxylation is 1. The maximum atomic E-state index is 12.0. The van der Waals surface area contributed by atoms with Crippen LogP contribution in [-0.4, -0.2) is 22.1 Å². The van der Waals surface area contributed by atoms with Crippen molar-refractivity contribution in [3.05, 3.63) is 46.8 Å². The second-order valence-corrected chi connectivity index (χ2v) is 7.50. The molecule has 2 aromatic rings. The molecule has 4 nitrogen and oxygen atoms in total. The van der Waals surface area contributed by atoms with Gasteiger partial charge in [0.1, 0.15) is 9.96 Å². The molecule has 0 atom stereocenters. The molecule has 0 bridgehead atoms. The van der Waals surface area contributed by atoms with Gasteiger partial charge in [0.2, 0.25) is 0 Å². The number of ether oxygens (including phenoxy) is 1. The summed E-state index contributed by atoms with van der Waals surface area (Å²) in [5.41, 5.74) is 0.807. The zero-order chi connectivity index (χ0) is 15.3. The van der Waals surface area contributed by atoms with Crippen LogP contribution in [0.4, 0.5) is 0 Å². The van der Waals surface area contributed by atoms with Gasteiger partial charge >= 0.3 is 0 Å². The Kier molecular flexibility index (Phi) is 5.02. The molecule has 21 heavy (non-hydrogen) atoms. The molecule has 0 fully saturated rings. The Bertz CT molecular complexity index is 765. The molecule has 0 spiro atoms. The summed E-state index contributed by atoms with van der Waals surface area (Å²) >= 11 is 1.24. The van der Waals surface area contributed by atoms with Crippen LogP contribution in [0.15, 0.2) is 40.6 Å². The standard InChI is InChI=1S/C15H15NO3S2/c1-12-5-10-15(20-12)21(17,18)16-11-3-4-13-6-8-14(19-2)9-7-13/h5-10,16H,11H2,1-2H3. The van der Waals surface area contributed by atoms with Gasteiger partial charge in [-0.2, -0.15) is 4.72 Å². The maximum Gasteiger partial charge on any atom is 0.250 e. The molecule has 1 aromatic carbocycles. The molecule has 0 aliphatic rings. The fourth-order valence-corrected chi connectivity index (χ4v) is 3.83. The predicted octanol–water partition coefficient (Wildman–Crippen LogP) is 2.40. The van der Waals surface area contributed by atoms with Crippen molar-refractivity contribution in [3.63, 3.8) is 0 Å². The van der Waals surface area contributed by atoms with E-state index in [0.29, 0.717) is 4.21 Å². The third kappa shape index (κ3) is 4.33.